The maximum absolute atomic E-state index is 12.9. The molecule has 1 spiro atoms. The van der Waals surface area contributed by atoms with Gasteiger partial charge in [0.15, 0.2) is 5.78 Å². The minimum atomic E-state index is -0.153. The van der Waals surface area contributed by atoms with Gasteiger partial charge >= 0.3 is 6.03 Å². The number of ketones is 1. The predicted octanol–water partition coefficient (Wildman–Crippen LogP) is 3.14. The number of morpholine rings is 1. The van der Waals surface area contributed by atoms with E-state index in [0.717, 1.165) is 88.1 Å². The number of likely N-dealkylation sites (tertiary alicyclic amines) is 2. The van der Waals surface area contributed by atoms with E-state index in [-0.39, 0.29) is 17.2 Å². The van der Waals surface area contributed by atoms with Crippen molar-refractivity contribution in [3.05, 3.63) is 46.7 Å². The van der Waals surface area contributed by atoms with Crippen molar-refractivity contribution < 1.29 is 14.3 Å². The predicted molar refractivity (Wildman–Crippen MR) is 126 cm³/mol. The van der Waals surface area contributed by atoms with E-state index in [1.54, 1.807) is 0 Å². The summed E-state index contributed by atoms with van der Waals surface area (Å²) in [6, 6.07) is 6.23. The number of rotatable bonds is 4. The van der Waals surface area contributed by atoms with E-state index < -0.39 is 0 Å². The number of amides is 1. The van der Waals surface area contributed by atoms with Gasteiger partial charge in [-0.25, -0.2) is 4.79 Å². The Balaban J connectivity index is 1.19. The van der Waals surface area contributed by atoms with Gasteiger partial charge in [-0.3, -0.25) is 9.69 Å². The van der Waals surface area contributed by atoms with Gasteiger partial charge in [-0.1, -0.05) is 17.7 Å². The van der Waals surface area contributed by atoms with E-state index in [4.69, 9.17) is 16.3 Å². The molecule has 1 unspecified atom stereocenters. The van der Waals surface area contributed by atoms with Crippen LogP contribution in [0.2, 0.25) is 5.02 Å². The molecule has 0 N–H and O–H groups in total. The van der Waals surface area contributed by atoms with Crippen LogP contribution in [0.25, 0.3) is 0 Å². The number of ether oxygens (including phenoxy) is 1. The molecule has 176 valence electrons. The van der Waals surface area contributed by atoms with Gasteiger partial charge < -0.3 is 14.5 Å². The maximum Gasteiger partial charge on any atom is 0.344 e. The molecule has 9 heteroatoms. The lowest BCUT2D eigenvalue weighted by Gasteiger charge is -2.29. The Morgan fingerprint density at radius 3 is 2.64 bits per heavy atom. The van der Waals surface area contributed by atoms with E-state index in [9.17, 15) is 9.59 Å². The molecule has 3 fully saturated rings. The summed E-state index contributed by atoms with van der Waals surface area (Å²) in [6.07, 6.45) is 5.04. The molecule has 0 saturated carbocycles. The van der Waals surface area contributed by atoms with Gasteiger partial charge in [0.2, 0.25) is 0 Å². The topological polar surface area (TPSA) is 70.9 Å². The largest absolute Gasteiger partial charge is 0.378 e. The average molecular weight is 472 g/mol. The van der Waals surface area contributed by atoms with Crippen molar-refractivity contribution in [3.8, 4) is 0 Å². The van der Waals surface area contributed by atoms with Crippen LogP contribution in [0.5, 0.6) is 0 Å². The molecule has 2 aromatic rings. The second kappa shape index (κ2) is 9.08. The van der Waals surface area contributed by atoms with Crippen molar-refractivity contribution in [1.82, 2.24) is 19.6 Å². The average Bonchev–Trinajstić information content (AvgIpc) is 3.56. The molecule has 3 aliphatic heterocycles. The molecule has 0 aliphatic carbocycles. The van der Waals surface area contributed by atoms with Crippen LogP contribution in [0.15, 0.2) is 30.6 Å². The second-order valence-electron chi connectivity index (χ2n) is 9.52. The molecule has 5 rings (SSSR count). The third-order valence-corrected chi connectivity index (χ3v) is 7.57. The molecule has 3 saturated heterocycles. The molecule has 0 bridgehead atoms. The van der Waals surface area contributed by atoms with E-state index in [1.165, 1.54) is 24.0 Å². The lowest BCUT2D eigenvalue weighted by molar-refractivity contribution is 0.101. The zero-order chi connectivity index (χ0) is 23.0. The fourth-order valence-electron chi connectivity index (χ4n) is 5.27. The van der Waals surface area contributed by atoms with Crippen molar-refractivity contribution in [3.63, 3.8) is 0 Å². The maximum atomic E-state index is 12.9. The van der Waals surface area contributed by atoms with Crippen molar-refractivity contribution in [1.29, 1.82) is 0 Å². The molecule has 0 radical (unpaired) electrons. The standard InChI is InChI=1S/C24H30ClN5O3/c1-18(31)20-13-26-30(15-20)23(32)29-7-5-24(17-29)4-6-27(16-24)14-19-2-3-21(12-22(19)25)28-8-10-33-11-9-28/h2-3,12-13,15H,4-11,14,16-17H2,1H3. The molecule has 3 aliphatic rings. The van der Waals surface area contributed by atoms with E-state index in [2.05, 4.69) is 33.1 Å². The first kappa shape index (κ1) is 22.4. The van der Waals surface area contributed by atoms with Crippen LogP contribution in [-0.2, 0) is 11.3 Å². The van der Waals surface area contributed by atoms with Crippen molar-refractivity contribution in [2.45, 2.75) is 26.3 Å². The number of carbonyl (C=O) groups is 2. The lowest BCUT2D eigenvalue weighted by atomic mass is 9.86. The zero-order valence-electron chi connectivity index (χ0n) is 19.0. The quantitative estimate of drug-likeness (QED) is 0.638. The first-order chi connectivity index (χ1) is 15.9. The van der Waals surface area contributed by atoms with Gasteiger partial charge in [0, 0.05) is 61.6 Å². The van der Waals surface area contributed by atoms with Crippen LogP contribution in [0, 0.1) is 5.41 Å². The summed E-state index contributed by atoms with van der Waals surface area (Å²) in [7, 11) is 0. The van der Waals surface area contributed by atoms with Gasteiger partial charge in [0.25, 0.3) is 0 Å². The first-order valence-corrected chi connectivity index (χ1v) is 12.0. The Hall–Kier alpha value is -2.42. The third-order valence-electron chi connectivity index (χ3n) is 7.22. The van der Waals surface area contributed by atoms with Gasteiger partial charge in [-0.15, -0.1) is 0 Å². The van der Waals surface area contributed by atoms with Crippen LogP contribution >= 0.6 is 11.6 Å². The van der Waals surface area contributed by atoms with Gasteiger partial charge in [0.1, 0.15) is 0 Å². The zero-order valence-corrected chi connectivity index (χ0v) is 19.8. The smallest absolute Gasteiger partial charge is 0.344 e. The third kappa shape index (κ3) is 4.65. The number of benzene rings is 1. The first-order valence-electron chi connectivity index (χ1n) is 11.6. The Morgan fingerprint density at radius 1 is 1.12 bits per heavy atom. The number of anilines is 1. The molecule has 1 amide bonds. The summed E-state index contributed by atoms with van der Waals surface area (Å²) < 4.78 is 6.73. The Bertz CT molecular complexity index is 1050. The molecule has 4 heterocycles. The highest BCUT2D eigenvalue weighted by molar-refractivity contribution is 6.31. The van der Waals surface area contributed by atoms with Crippen molar-refractivity contribution in [2.24, 2.45) is 5.41 Å². The van der Waals surface area contributed by atoms with E-state index in [0.29, 0.717) is 5.56 Å². The van der Waals surface area contributed by atoms with Gasteiger partial charge in [-0.2, -0.15) is 9.78 Å². The molecule has 33 heavy (non-hydrogen) atoms. The minimum Gasteiger partial charge on any atom is -0.378 e. The number of hydrogen-bond acceptors (Lipinski definition) is 6. The monoisotopic (exact) mass is 471 g/mol. The van der Waals surface area contributed by atoms with Crippen LogP contribution in [0.1, 0.15) is 35.7 Å². The highest BCUT2D eigenvalue weighted by Gasteiger charge is 2.45. The normalized spacial score (nSPS) is 23.6. The number of nitrogens with zero attached hydrogens (tertiary/aromatic N) is 5. The van der Waals surface area contributed by atoms with Gasteiger partial charge in [0.05, 0.1) is 25.0 Å². The summed E-state index contributed by atoms with van der Waals surface area (Å²) in [5.74, 6) is -0.0879. The van der Waals surface area contributed by atoms with E-state index >= 15 is 0 Å². The second-order valence-corrected chi connectivity index (χ2v) is 9.93. The van der Waals surface area contributed by atoms with Gasteiger partial charge in [-0.05, 0) is 44.0 Å². The number of halogens is 1. The van der Waals surface area contributed by atoms with Crippen LogP contribution in [0.3, 0.4) is 0 Å². The van der Waals surface area contributed by atoms with Crippen LogP contribution in [-0.4, -0.2) is 83.9 Å². The number of hydrogen-bond donors (Lipinski definition) is 0. The summed E-state index contributed by atoms with van der Waals surface area (Å²) >= 11 is 6.66. The number of Topliss-reactive ketones (excluding diaryl/α,β-unsaturated/α-hetero) is 1. The van der Waals surface area contributed by atoms with Crippen LogP contribution < -0.4 is 4.90 Å². The fraction of sp³-hybridized carbons (Fsp3) is 0.542. The summed E-state index contributed by atoms with van der Waals surface area (Å²) in [5, 5.41) is 4.90. The SMILES string of the molecule is CC(=O)c1cnn(C(=O)N2CCC3(CCN(Cc4ccc(N5CCOCC5)cc4Cl)C3)C2)c1. The van der Waals surface area contributed by atoms with Crippen molar-refractivity contribution >= 4 is 29.1 Å². The highest BCUT2D eigenvalue weighted by Crippen LogP contribution is 2.40. The highest BCUT2D eigenvalue weighted by atomic mass is 35.5. The molecule has 1 aromatic carbocycles. The van der Waals surface area contributed by atoms with Crippen LogP contribution in [0.4, 0.5) is 10.5 Å². The molecule has 1 atom stereocenters. The Kier molecular flexibility index (Phi) is 6.16. The minimum absolute atomic E-state index is 0.0879. The Morgan fingerprint density at radius 2 is 1.91 bits per heavy atom. The number of carbonyl (C=O) groups excluding carboxylic acids is 2. The molecular formula is C24H30ClN5O3. The van der Waals surface area contributed by atoms with E-state index in [1.807, 2.05) is 4.90 Å². The number of aromatic nitrogens is 2. The lowest BCUT2D eigenvalue weighted by Crippen LogP contribution is -2.36. The fourth-order valence-corrected chi connectivity index (χ4v) is 5.51. The molecule has 1 aromatic heterocycles. The summed E-state index contributed by atoms with van der Waals surface area (Å²) in [6.45, 7) is 9.00. The molecule has 8 nitrogen and oxygen atoms in total. The van der Waals surface area contributed by atoms with Crippen molar-refractivity contribution in [2.75, 3.05) is 57.4 Å². The molecular weight excluding hydrogens is 442 g/mol. The summed E-state index contributed by atoms with van der Waals surface area (Å²) in [5.41, 5.74) is 2.87. The summed E-state index contributed by atoms with van der Waals surface area (Å²) in [4.78, 5) is 31.0. The Labute approximate surface area is 199 Å².